The Hall–Kier alpha value is -3.71. The summed E-state index contributed by atoms with van der Waals surface area (Å²) < 4.78 is 0. The predicted octanol–water partition coefficient (Wildman–Crippen LogP) is -1.15. The number of carbonyl (C=O) groups excluding carboxylic acids is 4. The zero-order valence-corrected chi connectivity index (χ0v) is 21.8. The van der Waals surface area contributed by atoms with Crippen molar-refractivity contribution in [2.45, 2.75) is 76.5 Å². The number of aromatic hydroxyl groups is 1. The van der Waals surface area contributed by atoms with E-state index in [4.69, 9.17) is 17.2 Å². The minimum Gasteiger partial charge on any atom is -0.508 e. The highest BCUT2D eigenvalue weighted by atomic mass is 16.4. The summed E-state index contributed by atoms with van der Waals surface area (Å²) in [5, 5.41) is 26.6. The van der Waals surface area contributed by atoms with Gasteiger partial charge in [0.15, 0.2) is 0 Å². The number of rotatable bonds is 17. The van der Waals surface area contributed by atoms with Crippen molar-refractivity contribution in [3.8, 4) is 5.75 Å². The second kappa shape index (κ2) is 16.2. The highest BCUT2D eigenvalue weighted by Crippen LogP contribution is 2.13. The first-order chi connectivity index (χ1) is 17.8. The molecule has 11 N–H and O–H groups in total. The fraction of sp³-hybridized carbons (Fsp3) is 0.560. The van der Waals surface area contributed by atoms with Gasteiger partial charge in [-0.3, -0.25) is 19.2 Å². The number of hydrogen-bond donors (Lipinski definition) is 8. The molecule has 0 aliphatic rings. The number of nitrogens with two attached hydrogens (primary N) is 3. The predicted molar refractivity (Wildman–Crippen MR) is 139 cm³/mol. The fourth-order valence-corrected chi connectivity index (χ4v) is 3.59. The molecule has 0 saturated heterocycles. The first-order valence-corrected chi connectivity index (χ1v) is 12.5. The van der Waals surface area contributed by atoms with E-state index < -0.39 is 59.7 Å². The largest absolute Gasteiger partial charge is 0.508 e. The summed E-state index contributed by atoms with van der Waals surface area (Å²) in [6.45, 7) is 3.66. The summed E-state index contributed by atoms with van der Waals surface area (Å²) in [6, 6.07) is 1.46. The molecule has 0 aliphatic carbocycles. The number of amides is 4. The maximum Gasteiger partial charge on any atom is 0.326 e. The number of hydrogen-bond acceptors (Lipinski definition) is 8. The van der Waals surface area contributed by atoms with E-state index in [-0.39, 0.29) is 31.4 Å². The quantitative estimate of drug-likeness (QED) is 0.112. The van der Waals surface area contributed by atoms with Gasteiger partial charge >= 0.3 is 5.97 Å². The standard InChI is InChI=1S/C25H40N6O7/c1-14(2)21(25(37)38)31-23(35)18(5-3-4-12-26)29-24(36)19(13-15-6-8-16(32)9-7-15)30-22(34)17(27)10-11-20(28)33/h6-9,14,17-19,21,32H,3-5,10-13,26-27H2,1-2H3,(H2,28,33)(H,29,36)(H,30,34)(H,31,35)(H,37,38). The third-order valence-corrected chi connectivity index (χ3v) is 5.86. The van der Waals surface area contributed by atoms with E-state index in [1.807, 2.05) is 0 Å². The molecule has 1 aromatic rings. The zero-order chi connectivity index (χ0) is 28.8. The lowest BCUT2D eigenvalue weighted by Crippen LogP contribution is -2.58. The van der Waals surface area contributed by atoms with Crippen LogP contribution in [0.1, 0.15) is 51.5 Å². The van der Waals surface area contributed by atoms with Crippen molar-refractivity contribution < 1.29 is 34.2 Å². The molecule has 1 aromatic carbocycles. The van der Waals surface area contributed by atoms with E-state index in [0.717, 1.165) is 0 Å². The van der Waals surface area contributed by atoms with Gasteiger partial charge < -0.3 is 43.4 Å². The number of carboxylic acids is 1. The van der Waals surface area contributed by atoms with Crippen molar-refractivity contribution in [2.75, 3.05) is 6.54 Å². The number of benzene rings is 1. The number of carboxylic acid groups (broad SMARTS) is 1. The molecule has 4 unspecified atom stereocenters. The van der Waals surface area contributed by atoms with Crippen molar-refractivity contribution in [3.05, 3.63) is 29.8 Å². The maximum absolute atomic E-state index is 13.3. The van der Waals surface area contributed by atoms with Gasteiger partial charge in [-0.25, -0.2) is 4.79 Å². The van der Waals surface area contributed by atoms with Crippen molar-refractivity contribution in [3.63, 3.8) is 0 Å². The van der Waals surface area contributed by atoms with Crippen LogP contribution in [0.5, 0.6) is 5.75 Å². The molecule has 0 heterocycles. The van der Waals surface area contributed by atoms with Gasteiger partial charge in [0.25, 0.3) is 0 Å². The van der Waals surface area contributed by atoms with Gasteiger partial charge in [-0.05, 0) is 55.8 Å². The molecule has 4 amide bonds. The molecule has 1 rings (SSSR count). The van der Waals surface area contributed by atoms with Crippen LogP contribution in [0.2, 0.25) is 0 Å². The first kappa shape index (κ1) is 32.3. The Bertz CT molecular complexity index is 954. The van der Waals surface area contributed by atoms with Gasteiger partial charge in [0, 0.05) is 12.8 Å². The molecule has 0 radical (unpaired) electrons. The monoisotopic (exact) mass is 536 g/mol. The lowest BCUT2D eigenvalue weighted by Gasteiger charge is -2.26. The van der Waals surface area contributed by atoms with E-state index in [1.165, 1.54) is 12.1 Å². The molecule has 13 nitrogen and oxygen atoms in total. The molecule has 0 aromatic heterocycles. The Balaban J connectivity index is 3.13. The summed E-state index contributed by atoms with van der Waals surface area (Å²) in [5.41, 5.74) is 17.1. The molecule has 0 aliphatic heterocycles. The number of unbranched alkanes of at least 4 members (excludes halogenated alkanes) is 1. The van der Waals surface area contributed by atoms with Crippen LogP contribution in [0.15, 0.2) is 24.3 Å². The van der Waals surface area contributed by atoms with E-state index in [9.17, 15) is 34.2 Å². The average molecular weight is 537 g/mol. The fourth-order valence-electron chi connectivity index (χ4n) is 3.59. The van der Waals surface area contributed by atoms with Crippen LogP contribution in [-0.4, -0.2) is 70.5 Å². The molecule has 4 atom stereocenters. The van der Waals surface area contributed by atoms with Crippen LogP contribution < -0.4 is 33.2 Å². The smallest absolute Gasteiger partial charge is 0.326 e. The van der Waals surface area contributed by atoms with Gasteiger partial charge in [0.1, 0.15) is 23.9 Å². The molecular formula is C25H40N6O7. The molecule has 0 saturated carbocycles. The highest BCUT2D eigenvalue weighted by Gasteiger charge is 2.31. The van der Waals surface area contributed by atoms with Crippen molar-refractivity contribution in [2.24, 2.45) is 23.1 Å². The van der Waals surface area contributed by atoms with E-state index >= 15 is 0 Å². The summed E-state index contributed by atoms with van der Waals surface area (Å²) in [7, 11) is 0. The summed E-state index contributed by atoms with van der Waals surface area (Å²) in [4.78, 5) is 61.6. The Labute approximate surface area is 221 Å². The maximum atomic E-state index is 13.3. The molecule has 38 heavy (non-hydrogen) atoms. The third kappa shape index (κ3) is 11.6. The van der Waals surface area contributed by atoms with Crippen LogP contribution >= 0.6 is 0 Å². The van der Waals surface area contributed by atoms with E-state index in [0.29, 0.717) is 24.9 Å². The van der Waals surface area contributed by atoms with Gasteiger partial charge in [-0.15, -0.1) is 0 Å². The molecular weight excluding hydrogens is 496 g/mol. The number of carbonyl (C=O) groups is 5. The highest BCUT2D eigenvalue weighted by molar-refractivity contribution is 5.94. The van der Waals surface area contributed by atoms with Gasteiger partial charge in [-0.2, -0.15) is 0 Å². The van der Waals surface area contributed by atoms with Crippen molar-refractivity contribution >= 4 is 29.6 Å². The Morgan fingerprint density at radius 2 is 1.45 bits per heavy atom. The normalized spacial score (nSPS) is 14.1. The second-order valence-electron chi connectivity index (χ2n) is 9.46. The summed E-state index contributed by atoms with van der Waals surface area (Å²) in [6.07, 6.45) is 1.12. The van der Waals surface area contributed by atoms with Gasteiger partial charge in [0.2, 0.25) is 23.6 Å². The minimum atomic E-state index is -1.21. The second-order valence-corrected chi connectivity index (χ2v) is 9.46. The van der Waals surface area contributed by atoms with Gasteiger partial charge in [-0.1, -0.05) is 26.0 Å². The lowest BCUT2D eigenvalue weighted by atomic mass is 10.0. The van der Waals surface area contributed by atoms with E-state index in [1.54, 1.807) is 26.0 Å². The molecule has 212 valence electrons. The van der Waals surface area contributed by atoms with Crippen LogP contribution in [0.25, 0.3) is 0 Å². The first-order valence-electron chi connectivity index (χ1n) is 12.5. The molecule has 0 fully saturated rings. The number of nitrogens with one attached hydrogen (secondary N) is 3. The third-order valence-electron chi connectivity index (χ3n) is 5.86. The number of phenols is 1. The number of aliphatic carboxylic acids is 1. The van der Waals surface area contributed by atoms with Crippen LogP contribution in [0.3, 0.4) is 0 Å². The average Bonchev–Trinajstić information content (AvgIpc) is 2.85. The molecule has 0 bridgehead atoms. The van der Waals surface area contributed by atoms with Gasteiger partial charge in [0.05, 0.1) is 6.04 Å². The number of phenolic OH excluding ortho intramolecular Hbond substituents is 1. The topological polar surface area (TPSA) is 240 Å². The lowest BCUT2D eigenvalue weighted by molar-refractivity contribution is -0.143. The minimum absolute atomic E-state index is 0.00127. The molecule has 0 spiro atoms. The Morgan fingerprint density at radius 3 is 1.97 bits per heavy atom. The van der Waals surface area contributed by atoms with Crippen molar-refractivity contribution in [1.29, 1.82) is 0 Å². The van der Waals surface area contributed by atoms with E-state index in [2.05, 4.69) is 16.0 Å². The Kier molecular flexibility index (Phi) is 13.8. The summed E-state index contributed by atoms with van der Waals surface area (Å²) >= 11 is 0. The SMILES string of the molecule is CC(C)C(NC(=O)C(CCCCN)NC(=O)C(Cc1ccc(O)cc1)NC(=O)C(N)CCC(N)=O)C(=O)O. The zero-order valence-electron chi connectivity index (χ0n) is 21.8. The number of primary amides is 1. The van der Waals surface area contributed by atoms with Crippen LogP contribution in [0, 0.1) is 5.92 Å². The van der Waals surface area contributed by atoms with Crippen molar-refractivity contribution in [1.82, 2.24) is 16.0 Å². The Morgan fingerprint density at radius 1 is 0.868 bits per heavy atom. The molecule has 13 heteroatoms. The summed E-state index contributed by atoms with van der Waals surface area (Å²) in [5.74, 6) is -4.29. The van der Waals surface area contributed by atoms with Crippen LogP contribution in [-0.2, 0) is 30.4 Å². The van der Waals surface area contributed by atoms with Crippen LogP contribution in [0.4, 0.5) is 0 Å².